The first kappa shape index (κ1) is 12.0. The number of nitro groups is 1. The summed E-state index contributed by atoms with van der Waals surface area (Å²) in [7, 11) is 0. The highest BCUT2D eigenvalue weighted by Crippen LogP contribution is 2.20. The van der Waals surface area contributed by atoms with E-state index in [4.69, 9.17) is 0 Å². The standard InChI is InChI=1S/C10H16N4O3/c1-7(2)10(15)12-3-4-13-8(6-12)5-9(11-13)14(16)17/h5,7,10,15H,3-4,6H2,1-2H3. The number of rotatable bonds is 3. The minimum atomic E-state index is -0.516. The Kier molecular flexibility index (Phi) is 3.12. The molecule has 0 radical (unpaired) electrons. The van der Waals surface area contributed by atoms with Crippen LogP contribution in [-0.2, 0) is 13.1 Å². The van der Waals surface area contributed by atoms with Gasteiger partial charge >= 0.3 is 5.82 Å². The van der Waals surface area contributed by atoms with Gasteiger partial charge in [-0.15, -0.1) is 0 Å². The molecule has 7 nitrogen and oxygen atoms in total. The van der Waals surface area contributed by atoms with Crippen molar-refractivity contribution in [1.82, 2.24) is 14.7 Å². The van der Waals surface area contributed by atoms with Gasteiger partial charge < -0.3 is 15.2 Å². The van der Waals surface area contributed by atoms with E-state index in [0.717, 1.165) is 5.69 Å². The molecule has 2 rings (SSSR count). The van der Waals surface area contributed by atoms with E-state index in [1.54, 1.807) is 4.68 Å². The molecule has 1 N–H and O–H groups in total. The number of aromatic nitrogens is 2. The van der Waals surface area contributed by atoms with Crippen molar-refractivity contribution in [2.24, 2.45) is 5.92 Å². The Morgan fingerprint density at radius 1 is 1.53 bits per heavy atom. The molecule has 0 saturated heterocycles. The van der Waals surface area contributed by atoms with Gasteiger partial charge in [0.1, 0.15) is 6.23 Å². The van der Waals surface area contributed by atoms with Gasteiger partial charge in [-0.3, -0.25) is 4.90 Å². The van der Waals surface area contributed by atoms with E-state index in [1.165, 1.54) is 6.07 Å². The second-order valence-corrected chi connectivity index (χ2v) is 4.60. The van der Waals surface area contributed by atoms with Crippen LogP contribution in [-0.4, -0.2) is 37.5 Å². The molecule has 1 aromatic rings. The highest BCUT2D eigenvalue weighted by Gasteiger charge is 2.28. The van der Waals surface area contributed by atoms with Crippen molar-refractivity contribution >= 4 is 5.82 Å². The highest BCUT2D eigenvalue weighted by molar-refractivity contribution is 5.22. The van der Waals surface area contributed by atoms with Crippen LogP contribution in [0.1, 0.15) is 19.5 Å². The first-order chi connectivity index (χ1) is 7.99. The lowest BCUT2D eigenvalue weighted by Gasteiger charge is -2.32. The lowest BCUT2D eigenvalue weighted by molar-refractivity contribution is -0.389. The molecule has 7 heteroatoms. The van der Waals surface area contributed by atoms with Crippen molar-refractivity contribution in [3.63, 3.8) is 0 Å². The van der Waals surface area contributed by atoms with Crippen LogP contribution in [0.2, 0.25) is 0 Å². The maximum Gasteiger partial charge on any atom is 0.390 e. The Balaban J connectivity index is 2.16. The van der Waals surface area contributed by atoms with Crippen molar-refractivity contribution in [2.45, 2.75) is 33.2 Å². The summed E-state index contributed by atoms with van der Waals surface area (Å²) in [5.74, 6) is 0.0142. The fraction of sp³-hybridized carbons (Fsp3) is 0.700. The van der Waals surface area contributed by atoms with Crippen molar-refractivity contribution in [3.8, 4) is 0 Å². The Morgan fingerprint density at radius 2 is 2.24 bits per heavy atom. The van der Waals surface area contributed by atoms with Crippen molar-refractivity contribution in [1.29, 1.82) is 0 Å². The van der Waals surface area contributed by atoms with Crippen LogP contribution >= 0.6 is 0 Å². The number of fused-ring (bicyclic) bond motifs is 1. The summed E-state index contributed by atoms with van der Waals surface area (Å²) in [5.41, 5.74) is 0.780. The molecule has 2 heterocycles. The normalized spacial score (nSPS) is 18.1. The predicted octanol–water partition coefficient (Wildman–Crippen LogP) is 0.581. The van der Waals surface area contributed by atoms with Crippen LogP contribution in [0.15, 0.2) is 6.07 Å². The van der Waals surface area contributed by atoms with Gasteiger partial charge in [0.05, 0.1) is 23.4 Å². The molecule has 0 aromatic carbocycles. The molecule has 0 bridgehead atoms. The van der Waals surface area contributed by atoms with E-state index in [1.807, 2.05) is 18.7 Å². The minimum absolute atomic E-state index is 0.124. The van der Waals surface area contributed by atoms with Gasteiger partial charge in [-0.05, 0) is 10.8 Å². The van der Waals surface area contributed by atoms with Crippen LogP contribution in [0.3, 0.4) is 0 Å². The van der Waals surface area contributed by atoms with E-state index < -0.39 is 11.2 Å². The Hall–Kier alpha value is -1.47. The molecule has 1 atom stereocenters. The van der Waals surface area contributed by atoms with Crippen LogP contribution in [0, 0.1) is 16.0 Å². The van der Waals surface area contributed by atoms with Crippen LogP contribution in [0.4, 0.5) is 5.82 Å². The molecular weight excluding hydrogens is 224 g/mol. The molecule has 0 amide bonds. The smallest absolute Gasteiger partial charge is 0.378 e. The fourth-order valence-electron chi connectivity index (χ4n) is 2.01. The molecule has 1 aliphatic rings. The lowest BCUT2D eigenvalue weighted by atomic mass is 10.1. The predicted molar refractivity (Wildman–Crippen MR) is 60.1 cm³/mol. The highest BCUT2D eigenvalue weighted by atomic mass is 16.6. The zero-order chi connectivity index (χ0) is 12.6. The third kappa shape index (κ3) is 2.29. The molecule has 1 aromatic heterocycles. The second kappa shape index (κ2) is 4.42. The topological polar surface area (TPSA) is 84.4 Å². The van der Waals surface area contributed by atoms with Crippen molar-refractivity contribution < 1.29 is 10.0 Å². The summed E-state index contributed by atoms with van der Waals surface area (Å²) in [6.07, 6.45) is -0.516. The molecule has 0 spiro atoms. The number of aliphatic hydroxyl groups is 1. The van der Waals surface area contributed by atoms with E-state index >= 15 is 0 Å². The first-order valence-electron chi connectivity index (χ1n) is 5.62. The number of nitrogens with zero attached hydrogens (tertiary/aromatic N) is 4. The molecule has 1 aliphatic heterocycles. The molecule has 0 aliphatic carbocycles. The third-order valence-electron chi connectivity index (χ3n) is 2.97. The monoisotopic (exact) mass is 240 g/mol. The lowest BCUT2D eigenvalue weighted by Crippen LogP contribution is -2.43. The van der Waals surface area contributed by atoms with Gasteiger partial charge in [-0.25, -0.2) is 0 Å². The molecular formula is C10H16N4O3. The summed E-state index contributed by atoms with van der Waals surface area (Å²) in [6, 6.07) is 1.47. The SMILES string of the molecule is CC(C)C(O)N1CCn2nc([N+](=O)[O-])cc2C1. The second-order valence-electron chi connectivity index (χ2n) is 4.60. The summed E-state index contributed by atoms with van der Waals surface area (Å²) >= 11 is 0. The van der Waals surface area contributed by atoms with Gasteiger partial charge in [0, 0.05) is 13.1 Å². The van der Waals surface area contributed by atoms with Crippen LogP contribution < -0.4 is 0 Å². The first-order valence-corrected chi connectivity index (χ1v) is 5.62. The van der Waals surface area contributed by atoms with Crippen LogP contribution in [0.25, 0.3) is 0 Å². The molecule has 0 fully saturated rings. The average Bonchev–Trinajstić information content (AvgIpc) is 2.70. The summed E-state index contributed by atoms with van der Waals surface area (Å²) < 4.78 is 1.64. The minimum Gasteiger partial charge on any atom is -0.378 e. The average molecular weight is 240 g/mol. The Morgan fingerprint density at radius 3 is 2.82 bits per heavy atom. The molecule has 17 heavy (non-hydrogen) atoms. The van der Waals surface area contributed by atoms with Gasteiger partial charge in [0.25, 0.3) is 0 Å². The van der Waals surface area contributed by atoms with E-state index in [9.17, 15) is 15.2 Å². The Labute approximate surface area is 98.8 Å². The number of hydrogen-bond donors (Lipinski definition) is 1. The van der Waals surface area contributed by atoms with E-state index in [2.05, 4.69) is 5.10 Å². The molecule has 0 saturated carbocycles. The fourth-order valence-corrected chi connectivity index (χ4v) is 2.01. The largest absolute Gasteiger partial charge is 0.390 e. The molecule has 94 valence electrons. The Bertz CT molecular complexity index is 429. The number of aliphatic hydroxyl groups excluding tert-OH is 1. The molecule has 1 unspecified atom stereocenters. The number of hydrogen-bond acceptors (Lipinski definition) is 5. The van der Waals surface area contributed by atoms with Gasteiger partial charge in [-0.2, -0.15) is 4.68 Å². The zero-order valence-electron chi connectivity index (χ0n) is 9.91. The van der Waals surface area contributed by atoms with Crippen molar-refractivity contribution in [3.05, 3.63) is 21.9 Å². The van der Waals surface area contributed by atoms with E-state index in [0.29, 0.717) is 19.6 Å². The van der Waals surface area contributed by atoms with Gasteiger partial charge in [-0.1, -0.05) is 13.8 Å². The van der Waals surface area contributed by atoms with Gasteiger partial charge in [0.15, 0.2) is 0 Å². The quantitative estimate of drug-likeness (QED) is 0.617. The van der Waals surface area contributed by atoms with Gasteiger partial charge in [0.2, 0.25) is 0 Å². The van der Waals surface area contributed by atoms with Crippen LogP contribution in [0.5, 0.6) is 0 Å². The summed E-state index contributed by atoms with van der Waals surface area (Å²) in [5, 5.41) is 24.5. The summed E-state index contributed by atoms with van der Waals surface area (Å²) in [4.78, 5) is 12.0. The zero-order valence-corrected chi connectivity index (χ0v) is 9.91. The maximum absolute atomic E-state index is 10.6. The van der Waals surface area contributed by atoms with Crippen molar-refractivity contribution in [2.75, 3.05) is 6.54 Å². The maximum atomic E-state index is 10.6. The summed E-state index contributed by atoms with van der Waals surface area (Å²) in [6.45, 7) is 5.62. The third-order valence-corrected chi connectivity index (χ3v) is 2.97. The van der Waals surface area contributed by atoms with E-state index in [-0.39, 0.29) is 11.7 Å².